The second-order valence-electron chi connectivity index (χ2n) is 27.1. The molecule has 2 aliphatic heterocycles. The van der Waals surface area contributed by atoms with E-state index >= 15 is 0 Å². The average Bonchev–Trinajstić information content (AvgIpc) is 1.69. The summed E-state index contributed by atoms with van der Waals surface area (Å²) < 4.78 is 38.6. The first-order chi connectivity index (χ1) is 43.6. The third kappa shape index (κ3) is 17.6. The summed E-state index contributed by atoms with van der Waals surface area (Å²) in [5.74, 6) is -0.979. The van der Waals surface area contributed by atoms with Gasteiger partial charge in [0.2, 0.25) is 0 Å². The molecule has 2 amide bonds. The number of hydrogen-bond acceptors (Lipinski definition) is 17. The number of aromatic hydroxyl groups is 1. The van der Waals surface area contributed by atoms with Crippen molar-refractivity contribution in [1.29, 1.82) is 0 Å². The number of methoxy groups -OCH3 is 1. The third-order valence-electron chi connectivity index (χ3n) is 18.7. The van der Waals surface area contributed by atoms with Gasteiger partial charge in [-0.3, -0.25) is 19.6 Å². The zero-order valence-corrected chi connectivity index (χ0v) is 56.0. The average molecular weight is 1330 g/mol. The highest BCUT2D eigenvalue weighted by Crippen LogP contribution is 2.40. The highest BCUT2D eigenvalue weighted by atomic mass is 35.5. The van der Waals surface area contributed by atoms with Crippen molar-refractivity contribution in [2.75, 3.05) is 53.2 Å². The van der Waals surface area contributed by atoms with Crippen LogP contribution < -0.4 is 15.4 Å². The predicted octanol–water partition coefficient (Wildman–Crippen LogP) is 13.5. The molecular weight excluding hydrogens is 1240 g/mol. The number of carbonyl (C=O) groups excluding carboxylic acids is 2. The highest BCUT2D eigenvalue weighted by Gasteiger charge is 2.33. The Labute approximate surface area is 558 Å². The van der Waals surface area contributed by atoms with Gasteiger partial charge in [0, 0.05) is 81.0 Å². The lowest BCUT2D eigenvalue weighted by Crippen LogP contribution is -2.38. The molecule has 22 heteroatoms. The Balaban J connectivity index is 0.000000215. The molecule has 2 aliphatic carbocycles. The fourth-order valence-electron chi connectivity index (χ4n) is 12.8. The van der Waals surface area contributed by atoms with E-state index in [1.165, 1.54) is 59.2 Å². The lowest BCUT2D eigenvalue weighted by Gasteiger charge is -2.34. The molecule has 0 saturated carbocycles. The van der Waals surface area contributed by atoms with Gasteiger partial charge in [-0.25, -0.2) is 28.7 Å². The smallest absolute Gasteiger partial charge is 0.280 e. The summed E-state index contributed by atoms with van der Waals surface area (Å²) in [6, 6.07) is 21.5. The number of piperidine rings is 2. The van der Waals surface area contributed by atoms with Gasteiger partial charge in [-0.2, -0.15) is 0 Å². The van der Waals surface area contributed by atoms with E-state index in [4.69, 9.17) is 29.4 Å². The maximum atomic E-state index is 14.6. The summed E-state index contributed by atoms with van der Waals surface area (Å²) in [6.45, 7) is 18.6. The van der Waals surface area contributed by atoms with Crippen molar-refractivity contribution in [2.45, 2.75) is 150 Å². The van der Waals surface area contributed by atoms with Crippen LogP contribution in [0.2, 0.25) is 0 Å². The van der Waals surface area contributed by atoms with E-state index in [1.54, 1.807) is 0 Å². The number of fused-ring (bicyclic) bond motifs is 4. The number of nitrogens with one attached hydrogen (secondary N) is 2. The van der Waals surface area contributed by atoms with E-state index in [0.717, 1.165) is 158 Å². The summed E-state index contributed by atoms with van der Waals surface area (Å²) in [4.78, 5) is 61.5. The van der Waals surface area contributed by atoms with Gasteiger partial charge in [-0.15, -0.1) is 12.4 Å². The van der Waals surface area contributed by atoms with Crippen LogP contribution in [0.4, 0.5) is 8.78 Å². The molecule has 93 heavy (non-hydrogen) atoms. The zero-order valence-electron chi connectivity index (χ0n) is 53.5. The summed E-state index contributed by atoms with van der Waals surface area (Å²) >= 11 is 2.67. The van der Waals surface area contributed by atoms with Crippen LogP contribution in [0.3, 0.4) is 0 Å². The standard InChI is InChI=1S/C36H44FN5O4S.C34H40FN5O3S.CH4.ClH/c1-36(2,3)25-9-10-28-24(17-25)18-31-34(40-28)47-35(41-31)33(44)39-29(13-16-42-14-11-26(43)12-15-42)22-5-7-23(8-6-22)30-19-27(37)32(20-38-30)46-21-45-4;1-34(2,3)23-8-9-26-22(16-23)17-29-32(38-26)44-33(39-29)31(43)37-27(12-15-40-13-10-24(41)11-14-40)20-4-6-21(7-5-20)28-18-25(35)30(42)19-36-28;;/h5-8,18-20,25-26,29,43H,9-17,21H2,1-4H3,(H,39,44);4-7,17-19,23-24,27,41-42H,8-16H2,1-3H3,(H,37,43);1H4;1H/t25-,29+;23-,27+;;/m00../s1. The Kier molecular flexibility index (Phi) is 23.4. The maximum absolute atomic E-state index is 14.6. The summed E-state index contributed by atoms with van der Waals surface area (Å²) in [5, 5.41) is 36.7. The van der Waals surface area contributed by atoms with Gasteiger partial charge in [0.1, 0.15) is 20.7 Å². The molecule has 17 nitrogen and oxygen atoms in total. The largest absolute Gasteiger partial charge is 0.504 e. The number of thiazole rings is 2. The number of aromatic nitrogens is 6. The molecule has 5 N–H and O–H groups in total. The van der Waals surface area contributed by atoms with Gasteiger partial charge in [-0.05, 0) is 134 Å². The molecule has 0 bridgehead atoms. The van der Waals surface area contributed by atoms with Crippen molar-refractivity contribution in [1.82, 2.24) is 50.3 Å². The second-order valence-corrected chi connectivity index (χ2v) is 29.0. The molecule has 12 rings (SSSR count). The highest BCUT2D eigenvalue weighted by molar-refractivity contribution is 7.20. The Bertz CT molecular complexity index is 3850. The first kappa shape index (κ1) is 70.6. The summed E-state index contributed by atoms with van der Waals surface area (Å²) in [6.07, 6.45) is 12.4. The number of ether oxygens (including phenoxy) is 2. The van der Waals surface area contributed by atoms with E-state index in [1.807, 2.05) is 48.5 Å². The van der Waals surface area contributed by atoms with Crippen molar-refractivity contribution in [3.8, 4) is 34.0 Å². The Morgan fingerprint density at radius 3 is 1.44 bits per heavy atom. The quantitative estimate of drug-likeness (QED) is 0.0535. The number of aliphatic hydroxyl groups excluding tert-OH is 2. The van der Waals surface area contributed by atoms with Gasteiger partial charge in [0.25, 0.3) is 11.8 Å². The fraction of sp³-hybridized carbons (Fsp3) is 0.493. The SMILES string of the molecule is C.CC(C)(C)[C@H]1CCc2nc3sc(C(=O)N[C@H](CCN4CCC(O)CC4)c4ccc(-c5cc(F)c(O)cn5)cc4)nc3cc2C1.COCOc1cnc(-c2ccc([C@@H](CCN3CCC(O)CC3)NC(=O)c3nc4cc5c(nc4s3)CC[C@H](C(C)(C)C)C5)cc2)cc1F.Cl. The minimum atomic E-state index is -0.726. The molecule has 2 saturated heterocycles. The second kappa shape index (κ2) is 30.8. The third-order valence-corrected chi connectivity index (χ3v) is 20.7. The predicted molar refractivity (Wildman–Crippen MR) is 365 cm³/mol. The van der Waals surface area contributed by atoms with E-state index in [-0.39, 0.29) is 79.3 Å². The lowest BCUT2D eigenvalue weighted by atomic mass is 9.71. The van der Waals surface area contributed by atoms with Crippen LogP contribution in [0, 0.1) is 34.3 Å². The fourth-order valence-corrected chi connectivity index (χ4v) is 14.5. The van der Waals surface area contributed by atoms with Crippen LogP contribution in [0.15, 0.2) is 85.2 Å². The first-order valence-corrected chi connectivity index (χ1v) is 33.6. The summed E-state index contributed by atoms with van der Waals surface area (Å²) in [5.41, 5.74) is 11.0. The van der Waals surface area contributed by atoms with Gasteiger partial charge < -0.3 is 45.2 Å². The topological polar surface area (TPSA) is 221 Å². The van der Waals surface area contributed by atoms with Crippen LogP contribution in [-0.2, 0) is 30.4 Å². The molecule has 0 radical (unpaired) electrons. The van der Waals surface area contributed by atoms with Crippen LogP contribution in [-0.4, -0.2) is 132 Å². The van der Waals surface area contributed by atoms with Gasteiger partial charge >= 0.3 is 0 Å². The van der Waals surface area contributed by atoms with E-state index in [0.29, 0.717) is 51.6 Å². The number of pyridine rings is 4. The number of nitrogens with zero attached hydrogens (tertiary/aromatic N) is 8. The number of benzene rings is 2. The van der Waals surface area contributed by atoms with Gasteiger partial charge in [-0.1, -0.05) is 120 Å². The van der Waals surface area contributed by atoms with E-state index in [2.05, 4.69) is 84.1 Å². The molecule has 6 aromatic heterocycles. The maximum Gasteiger partial charge on any atom is 0.280 e. The van der Waals surface area contributed by atoms with Crippen molar-refractivity contribution in [3.05, 3.63) is 140 Å². The number of halogens is 3. The number of likely N-dealkylation sites (tertiary alicyclic amines) is 2. The summed E-state index contributed by atoms with van der Waals surface area (Å²) in [7, 11) is 1.47. The normalized spacial score (nSPS) is 18.1. The van der Waals surface area contributed by atoms with Crippen LogP contribution in [0.25, 0.3) is 43.2 Å². The first-order valence-electron chi connectivity index (χ1n) is 31.9. The van der Waals surface area contributed by atoms with Crippen molar-refractivity contribution >= 4 is 67.6 Å². The molecule has 8 heterocycles. The number of amides is 2. The lowest BCUT2D eigenvalue weighted by molar-refractivity contribution is 0.0480. The number of aryl methyl sites for hydroxylation is 2. The van der Waals surface area contributed by atoms with Crippen molar-refractivity contribution in [3.63, 3.8) is 0 Å². The van der Waals surface area contributed by atoms with Crippen molar-refractivity contribution in [2.24, 2.45) is 22.7 Å². The number of carbonyl (C=O) groups is 2. The minimum Gasteiger partial charge on any atom is -0.504 e. The monoisotopic (exact) mass is 1330 g/mol. The number of hydrogen-bond donors (Lipinski definition) is 5. The number of rotatable bonds is 17. The molecule has 2 aromatic carbocycles. The molecule has 498 valence electrons. The molecule has 2 fully saturated rings. The van der Waals surface area contributed by atoms with Crippen LogP contribution in [0.5, 0.6) is 11.5 Å². The molecule has 0 unspecified atom stereocenters. The van der Waals surface area contributed by atoms with Gasteiger partial charge in [0.05, 0.1) is 48.1 Å². The van der Waals surface area contributed by atoms with E-state index < -0.39 is 17.4 Å². The number of aliphatic hydroxyl groups is 2. The molecular formula is C71H89ClF2N10O7S2. The van der Waals surface area contributed by atoms with E-state index in [9.17, 15) is 33.7 Å². The van der Waals surface area contributed by atoms with Gasteiger partial charge in [0.15, 0.2) is 39.9 Å². The van der Waals surface area contributed by atoms with Crippen LogP contribution >= 0.6 is 35.1 Å². The zero-order chi connectivity index (χ0) is 64.1. The molecule has 4 atom stereocenters. The van der Waals surface area contributed by atoms with Crippen molar-refractivity contribution < 1.29 is 43.2 Å². The Hall–Kier alpha value is -6.69. The Morgan fingerprint density at radius 2 is 1.04 bits per heavy atom. The Morgan fingerprint density at radius 1 is 0.624 bits per heavy atom. The molecule has 0 spiro atoms. The molecule has 8 aromatic rings. The minimum absolute atomic E-state index is 0. The van der Waals surface area contributed by atoms with Crippen LogP contribution in [0.1, 0.15) is 166 Å². The molecule has 4 aliphatic rings.